The summed E-state index contributed by atoms with van der Waals surface area (Å²) in [6.45, 7) is 8.48. The van der Waals surface area contributed by atoms with E-state index in [0.717, 1.165) is 17.7 Å². The predicted octanol–water partition coefficient (Wildman–Crippen LogP) is 3.04. The Labute approximate surface area is 134 Å². The molecule has 1 aromatic rings. The second kappa shape index (κ2) is 6.64. The summed E-state index contributed by atoms with van der Waals surface area (Å²) in [5.74, 6) is -0.298. The largest absolute Gasteiger partial charge is 0.444 e. The summed E-state index contributed by atoms with van der Waals surface area (Å²) in [5.41, 5.74) is -0.523. The SMILES string of the molecule is Cc1cnc(NC(=O)[C@@H]2CCCN(C(=O)OC(C)(C)C)C2)s1. The van der Waals surface area contributed by atoms with Crippen LogP contribution in [-0.2, 0) is 9.53 Å². The molecule has 1 aliphatic heterocycles. The average Bonchev–Trinajstić information content (AvgIpc) is 2.82. The number of aryl methyl sites for hydroxylation is 1. The van der Waals surface area contributed by atoms with Crippen LogP contribution < -0.4 is 5.32 Å². The summed E-state index contributed by atoms with van der Waals surface area (Å²) in [7, 11) is 0. The van der Waals surface area contributed by atoms with Gasteiger partial charge in [0.15, 0.2) is 5.13 Å². The van der Waals surface area contributed by atoms with Gasteiger partial charge in [-0.15, -0.1) is 11.3 Å². The molecule has 1 aliphatic rings. The van der Waals surface area contributed by atoms with Gasteiger partial charge in [0.05, 0.1) is 5.92 Å². The first-order valence-corrected chi connectivity index (χ1v) is 8.27. The van der Waals surface area contributed by atoms with E-state index < -0.39 is 5.60 Å². The monoisotopic (exact) mass is 325 g/mol. The van der Waals surface area contributed by atoms with Crippen molar-refractivity contribution in [2.45, 2.75) is 46.1 Å². The van der Waals surface area contributed by atoms with Crippen molar-refractivity contribution in [3.8, 4) is 0 Å². The fourth-order valence-electron chi connectivity index (χ4n) is 2.30. The van der Waals surface area contributed by atoms with Gasteiger partial charge in [-0.3, -0.25) is 4.79 Å². The molecule has 22 heavy (non-hydrogen) atoms. The fourth-order valence-corrected chi connectivity index (χ4v) is 2.97. The third-order valence-electron chi connectivity index (χ3n) is 3.30. The number of hydrogen-bond acceptors (Lipinski definition) is 5. The summed E-state index contributed by atoms with van der Waals surface area (Å²) in [5, 5.41) is 3.44. The van der Waals surface area contributed by atoms with Gasteiger partial charge >= 0.3 is 6.09 Å². The van der Waals surface area contributed by atoms with Gasteiger partial charge in [-0.1, -0.05) is 0 Å². The lowest BCUT2D eigenvalue weighted by molar-refractivity contribution is -0.121. The number of aromatic nitrogens is 1. The van der Waals surface area contributed by atoms with Crippen molar-refractivity contribution in [3.63, 3.8) is 0 Å². The second-order valence-corrected chi connectivity index (χ2v) is 7.77. The van der Waals surface area contributed by atoms with Crippen molar-refractivity contribution in [1.82, 2.24) is 9.88 Å². The van der Waals surface area contributed by atoms with Crippen molar-refractivity contribution >= 4 is 28.5 Å². The summed E-state index contributed by atoms with van der Waals surface area (Å²) in [4.78, 5) is 31.2. The van der Waals surface area contributed by atoms with Crippen LogP contribution in [0.3, 0.4) is 0 Å². The molecule has 0 radical (unpaired) electrons. The normalized spacial score (nSPS) is 18.9. The molecule has 0 saturated carbocycles. The molecular formula is C15H23N3O3S. The summed E-state index contributed by atoms with van der Waals surface area (Å²) >= 11 is 1.45. The first-order chi connectivity index (χ1) is 10.2. The van der Waals surface area contributed by atoms with E-state index in [1.807, 2.05) is 27.7 Å². The van der Waals surface area contributed by atoms with Gasteiger partial charge in [0.25, 0.3) is 0 Å². The standard InChI is InChI=1S/C15H23N3O3S/c1-10-8-16-13(22-10)17-12(19)11-6-5-7-18(9-11)14(20)21-15(2,3)4/h8,11H,5-7,9H2,1-4H3,(H,16,17,19)/t11-/m1/s1. The molecule has 1 atom stereocenters. The van der Waals surface area contributed by atoms with E-state index in [0.29, 0.717) is 18.2 Å². The van der Waals surface area contributed by atoms with E-state index >= 15 is 0 Å². The maximum Gasteiger partial charge on any atom is 0.410 e. The second-order valence-electron chi connectivity index (χ2n) is 6.53. The smallest absolute Gasteiger partial charge is 0.410 e. The van der Waals surface area contributed by atoms with Crippen molar-refractivity contribution in [1.29, 1.82) is 0 Å². The molecule has 1 fully saturated rings. The Morgan fingerprint density at radius 1 is 1.45 bits per heavy atom. The third-order valence-corrected chi connectivity index (χ3v) is 4.12. The van der Waals surface area contributed by atoms with E-state index in [1.165, 1.54) is 11.3 Å². The summed E-state index contributed by atoms with van der Waals surface area (Å²) < 4.78 is 5.37. The van der Waals surface area contributed by atoms with Gasteiger partial charge in [-0.25, -0.2) is 9.78 Å². The van der Waals surface area contributed by atoms with Crippen molar-refractivity contribution in [2.75, 3.05) is 18.4 Å². The van der Waals surface area contributed by atoms with E-state index in [1.54, 1.807) is 11.1 Å². The van der Waals surface area contributed by atoms with E-state index in [-0.39, 0.29) is 17.9 Å². The number of rotatable bonds is 2. The molecule has 0 aromatic carbocycles. The van der Waals surface area contributed by atoms with E-state index in [4.69, 9.17) is 4.74 Å². The Balaban J connectivity index is 1.92. The first-order valence-electron chi connectivity index (χ1n) is 7.46. The lowest BCUT2D eigenvalue weighted by Gasteiger charge is -2.33. The number of piperidine rings is 1. The maximum absolute atomic E-state index is 12.3. The molecular weight excluding hydrogens is 302 g/mol. The van der Waals surface area contributed by atoms with Gasteiger partial charge in [0, 0.05) is 24.2 Å². The minimum Gasteiger partial charge on any atom is -0.444 e. The van der Waals surface area contributed by atoms with Crippen LogP contribution in [0.25, 0.3) is 0 Å². The fraction of sp³-hybridized carbons (Fsp3) is 0.667. The number of ether oxygens (including phenoxy) is 1. The molecule has 2 heterocycles. The maximum atomic E-state index is 12.3. The highest BCUT2D eigenvalue weighted by Gasteiger charge is 2.31. The Morgan fingerprint density at radius 2 is 2.18 bits per heavy atom. The van der Waals surface area contributed by atoms with Crippen LogP contribution >= 0.6 is 11.3 Å². The van der Waals surface area contributed by atoms with Crippen molar-refractivity contribution in [2.24, 2.45) is 5.92 Å². The number of carbonyl (C=O) groups excluding carboxylic acids is 2. The van der Waals surface area contributed by atoms with Crippen LogP contribution in [-0.4, -0.2) is 40.6 Å². The van der Waals surface area contributed by atoms with Crippen LogP contribution in [0.2, 0.25) is 0 Å². The Kier molecular flexibility index (Phi) is 5.05. The molecule has 2 rings (SSSR count). The number of likely N-dealkylation sites (tertiary alicyclic amines) is 1. The van der Waals surface area contributed by atoms with Crippen LogP contribution in [0.15, 0.2) is 6.20 Å². The highest BCUT2D eigenvalue weighted by molar-refractivity contribution is 7.15. The molecule has 0 aliphatic carbocycles. The predicted molar refractivity (Wildman–Crippen MR) is 86.0 cm³/mol. The summed E-state index contributed by atoms with van der Waals surface area (Å²) in [6.07, 6.45) is 2.95. The molecule has 0 bridgehead atoms. The third kappa shape index (κ3) is 4.69. The van der Waals surface area contributed by atoms with Crippen molar-refractivity contribution in [3.05, 3.63) is 11.1 Å². The minimum atomic E-state index is -0.523. The number of anilines is 1. The van der Waals surface area contributed by atoms with Gasteiger partial charge in [-0.2, -0.15) is 0 Å². The zero-order valence-electron chi connectivity index (χ0n) is 13.5. The molecule has 1 aromatic heterocycles. The van der Waals surface area contributed by atoms with E-state index in [2.05, 4.69) is 10.3 Å². The zero-order chi connectivity index (χ0) is 16.3. The highest BCUT2D eigenvalue weighted by atomic mass is 32.1. The van der Waals surface area contributed by atoms with Crippen LogP contribution in [0.4, 0.5) is 9.93 Å². The lowest BCUT2D eigenvalue weighted by Crippen LogP contribution is -2.45. The van der Waals surface area contributed by atoms with Gasteiger partial charge in [0.1, 0.15) is 5.60 Å². The minimum absolute atomic E-state index is 0.0809. The Hall–Kier alpha value is -1.63. The van der Waals surface area contributed by atoms with Crippen molar-refractivity contribution < 1.29 is 14.3 Å². The molecule has 7 heteroatoms. The highest BCUT2D eigenvalue weighted by Crippen LogP contribution is 2.22. The Bertz CT molecular complexity index is 550. The van der Waals surface area contributed by atoms with Gasteiger partial charge in [0.2, 0.25) is 5.91 Å². The summed E-state index contributed by atoms with van der Waals surface area (Å²) in [6, 6.07) is 0. The van der Waals surface area contributed by atoms with Gasteiger partial charge < -0.3 is 15.0 Å². The molecule has 6 nitrogen and oxygen atoms in total. The molecule has 2 amide bonds. The zero-order valence-corrected chi connectivity index (χ0v) is 14.3. The van der Waals surface area contributed by atoms with Gasteiger partial charge in [-0.05, 0) is 40.5 Å². The quantitative estimate of drug-likeness (QED) is 0.907. The number of carbonyl (C=O) groups is 2. The molecule has 0 unspecified atom stereocenters. The number of amides is 2. The van der Waals surface area contributed by atoms with E-state index in [9.17, 15) is 9.59 Å². The van der Waals surface area contributed by atoms with Crippen LogP contribution in [0.1, 0.15) is 38.5 Å². The first kappa shape index (κ1) is 16.7. The molecule has 1 N–H and O–H groups in total. The number of hydrogen-bond donors (Lipinski definition) is 1. The number of thiazole rings is 1. The van der Waals surface area contributed by atoms with Crippen LogP contribution in [0, 0.1) is 12.8 Å². The molecule has 1 saturated heterocycles. The lowest BCUT2D eigenvalue weighted by atomic mass is 9.97. The topological polar surface area (TPSA) is 71.5 Å². The Morgan fingerprint density at radius 3 is 2.77 bits per heavy atom. The molecule has 0 spiro atoms. The van der Waals surface area contributed by atoms with Crippen LogP contribution in [0.5, 0.6) is 0 Å². The average molecular weight is 325 g/mol. The number of nitrogens with one attached hydrogen (secondary N) is 1. The molecule has 122 valence electrons. The number of nitrogens with zero attached hydrogens (tertiary/aromatic N) is 2.